The molecule has 0 aliphatic carbocycles. The first-order valence-electron chi connectivity index (χ1n) is 10.4. The lowest BCUT2D eigenvalue weighted by atomic mass is 9.96. The molecule has 2 aromatic carbocycles. The van der Waals surface area contributed by atoms with Gasteiger partial charge in [0.15, 0.2) is 5.82 Å². The molecule has 0 aromatic heterocycles. The van der Waals surface area contributed by atoms with Crippen molar-refractivity contribution in [2.75, 3.05) is 6.54 Å². The summed E-state index contributed by atoms with van der Waals surface area (Å²) in [6.07, 6.45) is -14.5. The first kappa shape index (κ1) is 32.6. The van der Waals surface area contributed by atoms with Gasteiger partial charge in [-0.2, -0.15) is 26.3 Å². The molecule has 0 radical (unpaired) electrons. The number of halogens is 12. The highest BCUT2D eigenvalue weighted by atomic mass is 35.5. The summed E-state index contributed by atoms with van der Waals surface area (Å²) in [7, 11) is 0. The molecule has 2 aromatic rings. The Balaban J connectivity index is 2.34. The van der Waals surface area contributed by atoms with Crippen LogP contribution in [-0.4, -0.2) is 36.0 Å². The second kappa shape index (κ2) is 12.7. The third-order valence-electron chi connectivity index (χ3n) is 4.80. The molecule has 0 aliphatic rings. The zero-order valence-corrected chi connectivity index (χ0v) is 21.3. The van der Waals surface area contributed by atoms with Crippen LogP contribution in [0.3, 0.4) is 0 Å². The summed E-state index contributed by atoms with van der Waals surface area (Å²) in [5.41, 5.74) is -1.09. The highest BCUT2D eigenvalue weighted by molar-refractivity contribution is 7.80. The second-order valence-corrected chi connectivity index (χ2v) is 9.10. The first-order chi connectivity index (χ1) is 17.8. The summed E-state index contributed by atoms with van der Waals surface area (Å²) in [6, 6.07) is 4.23. The lowest BCUT2D eigenvalue weighted by molar-refractivity contribution is -0.274. The molecule has 0 spiro atoms. The number of hydrogen-bond donors (Lipinski definition) is 1. The number of allylic oxidation sites excluding steroid dienone is 1. The van der Waals surface area contributed by atoms with E-state index >= 15 is 0 Å². The van der Waals surface area contributed by atoms with Crippen LogP contribution in [0, 0.1) is 5.82 Å². The monoisotopic (exact) mass is 629 g/mol. The highest BCUT2D eigenvalue weighted by Gasteiger charge is 2.39. The molecule has 0 saturated carbocycles. The summed E-state index contributed by atoms with van der Waals surface area (Å²) in [5, 5.41) is 0.231. The molecular formula is C23H15Cl2F10NO2S. The summed E-state index contributed by atoms with van der Waals surface area (Å²) in [6.45, 7) is -1.61. The Morgan fingerprint density at radius 1 is 0.974 bits per heavy atom. The van der Waals surface area contributed by atoms with Gasteiger partial charge in [0, 0.05) is 16.8 Å². The fourth-order valence-corrected chi connectivity index (χ4v) is 3.88. The number of thiocarbonyl (C=S) groups is 1. The van der Waals surface area contributed by atoms with E-state index in [1.54, 1.807) is 5.32 Å². The van der Waals surface area contributed by atoms with E-state index in [2.05, 4.69) is 4.74 Å². The molecule has 214 valence electrons. The Hall–Kier alpha value is -2.58. The highest BCUT2D eigenvalue weighted by Crippen LogP contribution is 2.40. The van der Waals surface area contributed by atoms with Crippen molar-refractivity contribution in [3.05, 3.63) is 69.0 Å². The minimum Gasteiger partial charge on any atom is -0.405 e. The lowest BCUT2D eigenvalue weighted by Crippen LogP contribution is -2.33. The maximum atomic E-state index is 13.7. The number of nitrogens with one attached hydrogen (secondary N) is 1. The van der Waals surface area contributed by atoms with E-state index in [0.29, 0.717) is 18.2 Å². The third-order valence-corrected chi connectivity index (χ3v) is 5.77. The van der Waals surface area contributed by atoms with Gasteiger partial charge in [-0.1, -0.05) is 53.6 Å². The van der Waals surface area contributed by atoms with Crippen molar-refractivity contribution >= 4 is 52.3 Å². The molecule has 2 rings (SSSR count). The maximum absolute atomic E-state index is 13.7. The molecule has 0 fully saturated rings. The standard InChI is InChI=1S/C23H15Cl2F10NO2S/c24-15-8-12(9-16(25)20(15)26)14(22(30,31)32)4-2-11-1-3-13(17(7-11)38-23(33,34)35)18(39)5-6-19(37)36-10-21(27,28)29/h1-4,7-9,14H,5-6,10H2,(H,36,37)/b4-2+. The zero-order valence-electron chi connectivity index (χ0n) is 19.0. The minimum absolute atomic E-state index is 0.197. The summed E-state index contributed by atoms with van der Waals surface area (Å²) in [5.74, 6) is -5.49. The van der Waals surface area contributed by atoms with E-state index < -0.39 is 77.1 Å². The molecule has 1 atom stereocenters. The Morgan fingerprint density at radius 3 is 2.08 bits per heavy atom. The van der Waals surface area contributed by atoms with E-state index in [1.165, 1.54) is 0 Å². The number of carbonyl (C=O) groups excluding carboxylic acids is 1. The molecule has 0 heterocycles. The molecule has 0 aliphatic heterocycles. The average molecular weight is 630 g/mol. The number of amides is 1. The van der Waals surface area contributed by atoms with Crippen molar-refractivity contribution in [1.29, 1.82) is 0 Å². The molecule has 0 bridgehead atoms. The van der Waals surface area contributed by atoms with E-state index in [4.69, 9.17) is 35.4 Å². The van der Waals surface area contributed by atoms with Gasteiger partial charge < -0.3 is 10.1 Å². The van der Waals surface area contributed by atoms with Crippen molar-refractivity contribution in [2.24, 2.45) is 0 Å². The SMILES string of the molecule is O=C(CCC(=S)c1ccc(/C=C/C(c2cc(Cl)c(F)c(Cl)c2)C(F)(F)F)cc1OC(F)(F)F)NCC(F)(F)F. The summed E-state index contributed by atoms with van der Waals surface area (Å²) >= 11 is 16.2. The van der Waals surface area contributed by atoms with Gasteiger partial charge in [0.1, 0.15) is 12.3 Å². The smallest absolute Gasteiger partial charge is 0.405 e. The molecule has 1 amide bonds. The van der Waals surface area contributed by atoms with Crippen molar-refractivity contribution in [3.8, 4) is 5.75 Å². The van der Waals surface area contributed by atoms with Crippen molar-refractivity contribution in [3.63, 3.8) is 0 Å². The van der Waals surface area contributed by atoms with Crippen molar-refractivity contribution in [2.45, 2.75) is 37.5 Å². The molecule has 1 N–H and O–H groups in total. The molecule has 0 saturated heterocycles. The fraction of sp³-hybridized carbons (Fsp3) is 0.304. The Labute approximate surface area is 229 Å². The predicted octanol–water partition coefficient (Wildman–Crippen LogP) is 8.57. The van der Waals surface area contributed by atoms with Gasteiger partial charge in [-0.05, 0) is 41.8 Å². The number of carbonyl (C=O) groups is 1. The van der Waals surface area contributed by atoms with E-state index in [0.717, 1.165) is 24.3 Å². The largest absolute Gasteiger partial charge is 0.573 e. The van der Waals surface area contributed by atoms with Gasteiger partial charge in [-0.3, -0.25) is 4.79 Å². The second-order valence-electron chi connectivity index (χ2n) is 7.80. The Bertz CT molecular complexity index is 1220. The molecule has 1 unspecified atom stereocenters. The number of alkyl halides is 9. The van der Waals surface area contributed by atoms with Crippen LogP contribution in [0.1, 0.15) is 35.4 Å². The zero-order chi connectivity index (χ0) is 29.8. The van der Waals surface area contributed by atoms with E-state index in [-0.39, 0.29) is 16.0 Å². The Morgan fingerprint density at radius 2 is 1.56 bits per heavy atom. The third kappa shape index (κ3) is 10.5. The molecule has 39 heavy (non-hydrogen) atoms. The number of ether oxygens (including phenoxy) is 1. The molecule has 3 nitrogen and oxygen atoms in total. The maximum Gasteiger partial charge on any atom is 0.573 e. The topological polar surface area (TPSA) is 38.3 Å². The summed E-state index contributed by atoms with van der Waals surface area (Å²) in [4.78, 5) is 11.3. The van der Waals surface area contributed by atoms with Crippen LogP contribution in [0.4, 0.5) is 43.9 Å². The van der Waals surface area contributed by atoms with Crippen LogP contribution in [0.25, 0.3) is 6.08 Å². The van der Waals surface area contributed by atoms with Gasteiger partial charge in [-0.25, -0.2) is 4.39 Å². The predicted molar refractivity (Wildman–Crippen MR) is 127 cm³/mol. The molecular weight excluding hydrogens is 615 g/mol. The van der Waals surface area contributed by atoms with Crippen LogP contribution in [-0.2, 0) is 4.79 Å². The van der Waals surface area contributed by atoms with Gasteiger partial charge in [0.05, 0.1) is 16.0 Å². The van der Waals surface area contributed by atoms with Gasteiger partial charge in [0.2, 0.25) is 5.91 Å². The van der Waals surface area contributed by atoms with Gasteiger partial charge >= 0.3 is 18.7 Å². The van der Waals surface area contributed by atoms with Crippen LogP contribution in [0.15, 0.2) is 36.4 Å². The van der Waals surface area contributed by atoms with Gasteiger partial charge in [-0.15, -0.1) is 13.2 Å². The minimum atomic E-state index is -5.24. The quantitative estimate of drug-likeness (QED) is 0.131. The first-order valence-corrected chi connectivity index (χ1v) is 11.6. The number of rotatable bonds is 9. The number of hydrogen-bond acceptors (Lipinski definition) is 3. The van der Waals surface area contributed by atoms with Crippen molar-refractivity contribution in [1.82, 2.24) is 5.32 Å². The lowest BCUT2D eigenvalue weighted by Gasteiger charge is -2.18. The van der Waals surface area contributed by atoms with Crippen molar-refractivity contribution < 1.29 is 53.4 Å². The normalized spacial score (nSPS) is 13.4. The van der Waals surface area contributed by atoms with Crippen LogP contribution >= 0.6 is 35.4 Å². The van der Waals surface area contributed by atoms with Crippen LogP contribution in [0.5, 0.6) is 5.75 Å². The molecule has 16 heteroatoms. The van der Waals surface area contributed by atoms with E-state index in [9.17, 15) is 48.7 Å². The van der Waals surface area contributed by atoms with Crippen LogP contribution in [0.2, 0.25) is 10.0 Å². The van der Waals surface area contributed by atoms with E-state index in [1.807, 2.05) is 0 Å². The summed E-state index contributed by atoms with van der Waals surface area (Å²) < 4.78 is 134. The average Bonchev–Trinajstić information content (AvgIpc) is 2.77. The van der Waals surface area contributed by atoms with Gasteiger partial charge in [0.25, 0.3) is 0 Å². The van der Waals surface area contributed by atoms with Crippen LogP contribution < -0.4 is 10.1 Å². The fourth-order valence-electron chi connectivity index (χ4n) is 3.10. The number of benzene rings is 2. The Kier molecular flexibility index (Phi) is 10.6.